The summed E-state index contributed by atoms with van der Waals surface area (Å²) in [6.45, 7) is 11.9. The third-order valence-electron chi connectivity index (χ3n) is 5.61. The molecule has 2 nitrogen and oxygen atoms in total. The van der Waals surface area contributed by atoms with Gasteiger partial charge in [-0.05, 0) is 38.7 Å². The summed E-state index contributed by atoms with van der Waals surface area (Å²) in [5.74, 6) is 0.909. The third-order valence-corrected chi connectivity index (χ3v) is 11.5. The molecule has 0 saturated carbocycles. The van der Waals surface area contributed by atoms with Crippen molar-refractivity contribution in [3.63, 3.8) is 0 Å². The second kappa shape index (κ2) is 6.33. The number of methoxy groups -OCH3 is 1. The zero-order valence-corrected chi connectivity index (χ0v) is 18.4. The minimum Gasteiger partial charge on any atom is -0.496 e. The van der Waals surface area contributed by atoms with Crippen LogP contribution in [0.4, 0.5) is 0 Å². The lowest BCUT2D eigenvalue weighted by Crippen LogP contribution is -2.44. The maximum Gasteiger partial charge on any atom is 0.161 e. The van der Waals surface area contributed by atoms with E-state index in [-0.39, 0.29) is 5.04 Å². The predicted octanol–water partition coefficient (Wildman–Crippen LogP) is 6.93. The Morgan fingerprint density at radius 2 is 1.72 bits per heavy atom. The Balaban J connectivity index is 2.26. The summed E-state index contributed by atoms with van der Waals surface area (Å²) >= 11 is 3.76. The molecule has 132 valence electrons. The topological polar surface area (TPSA) is 14.2 Å². The van der Waals surface area contributed by atoms with Crippen molar-refractivity contribution in [2.24, 2.45) is 0 Å². The summed E-state index contributed by atoms with van der Waals surface area (Å²) in [7, 11) is 0.0135. The number of nitrogens with zero attached hydrogens (tertiary/aromatic N) is 1. The molecule has 0 fully saturated rings. The first-order valence-corrected chi connectivity index (χ1v) is 12.4. The molecule has 0 spiro atoms. The Kier molecular flexibility index (Phi) is 4.63. The first-order chi connectivity index (χ1) is 11.7. The zero-order valence-electron chi connectivity index (χ0n) is 15.9. The Labute approximate surface area is 160 Å². The molecule has 0 unspecified atom stereocenters. The second-order valence-corrected chi connectivity index (χ2v) is 14.0. The van der Waals surface area contributed by atoms with Gasteiger partial charge in [0.25, 0.3) is 0 Å². The number of halogens is 1. The SMILES string of the molecule is COc1ccccc1-c1ccc2c(Br)cn([Si](C)(C)C(C)(C)C)c2c1. The van der Waals surface area contributed by atoms with Gasteiger partial charge in [-0.1, -0.05) is 64.2 Å². The van der Waals surface area contributed by atoms with E-state index in [1.165, 1.54) is 20.9 Å². The van der Waals surface area contributed by atoms with E-state index in [4.69, 9.17) is 4.74 Å². The van der Waals surface area contributed by atoms with Crippen LogP contribution >= 0.6 is 15.9 Å². The van der Waals surface area contributed by atoms with Crippen LogP contribution in [0, 0.1) is 0 Å². The molecule has 3 aromatic rings. The standard InChI is InChI=1S/C21H26BrNOSi/c1-21(2,3)25(5,6)23-14-18(22)17-12-11-15(13-19(17)23)16-9-7-8-10-20(16)24-4/h7-14H,1-6H3. The quantitative estimate of drug-likeness (QED) is 0.422. The van der Waals surface area contributed by atoms with Crippen molar-refractivity contribution >= 4 is 35.1 Å². The fourth-order valence-corrected chi connectivity index (χ4v) is 5.75. The molecular formula is C21H26BrNOSi. The third kappa shape index (κ3) is 3.06. The first-order valence-electron chi connectivity index (χ1n) is 8.61. The number of para-hydroxylation sites is 1. The molecule has 0 saturated heterocycles. The van der Waals surface area contributed by atoms with Gasteiger partial charge in [0.05, 0.1) is 7.11 Å². The number of aromatic nitrogens is 1. The lowest BCUT2D eigenvalue weighted by Gasteiger charge is -2.38. The molecule has 0 atom stereocenters. The minimum absolute atomic E-state index is 0.263. The molecule has 0 bridgehead atoms. The zero-order chi connectivity index (χ0) is 18.4. The van der Waals surface area contributed by atoms with Gasteiger partial charge in [0.15, 0.2) is 8.24 Å². The molecule has 25 heavy (non-hydrogen) atoms. The summed E-state index contributed by atoms with van der Waals surface area (Å²) < 4.78 is 9.26. The number of ether oxygens (including phenoxy) is 1. The number of hydrogen-bond donors (Lipinski definition) is 0. The summed E-state index contributed by atoms with van der Waals surface area (Å²) in [6.07, 6.45) is 2.27. The van der Waals surface area contributed by atoms with Crippen LogP contribution in [0.2, 0.25) is 18.1 Å². The lowest BCUT2D eigenvalue weighted by atomic mass is 10.0. The van der Waals surface area contributed by atoms with Crippen molar-refractivity contribution in [3.05, 3.63) is 53.1 Å². The fraction of sp³-hybridized carbons (Fsp3) is 0.333. The second-order valence-electron chi connectivity index (χ2n) is 8.09. The minimum atomic E-state index is -1.71. The van der Waals surface area contributed by atoms with Gasteiger partial charge in [-0.15, -0.1) is 0 Å². The van der Waals surface area contributed by atoms with Crippen LogP contribution in [0.25, 0.3) is 22.0 Å². The maximum absolute atomic E-state index is 5.56. The van der Waals surface area contributed by atoms with Crippen molar-refractivity contribution < 1.29 is 4.74 Å². The van der Waals surface area contributed by atoms with Crippen LogP contribution in [0.15, 0.2) is 53.1 Å². The van der Waals surface area contributed by atoms with Gasteiger partial charge in [-0.3, -0.25) is 0 Å². The van der Waals surface area contributed by atoms with E-state index in [9.17, 15) is 0 Å². The molecule has 0 amide bonds. The molecule has 0 aliphatic heterocycles. The Morgan fingerprint density at radius 3 is 2.36 bits per heavy atom. The van der Waals surface area contributed by atoms with Crippen LogP contribution < -0.4 is 4.74 Å². The van der Waals surface area contributed by atoms with E-state index in [1.807, 2.05) is 12.1 Å². The van der Waals surface area contributed by atoms with Gasteiger partial charge in [0.2, 0.25) is 0 Å². The highest BCUT2D eigenvalue weighted by atomic mass is 79.9. The summed E-state index contributed by atoms with van der Waals surface area (Å²) in [4.78, 5) is 0. The van der Waals surface area contributed by atoms with Crippen molar-refractivity contribution in [3.8, 4) is 16.9 Å². The highest BCUT2D eigenvalue weighted by molar-refractivity contribution is 9.10. The smallest absolute Gasteiger partial charge is 0.161 e. The molecule has 0 aliphatic rings. The van der Waals surface area contributed by atoms with Gasteiger partial charge >= 0.3 is 0 Å². The molecule has 0 N–H and O–H groups in total. The highest BCUT2D eigenvalue weighted by Gasteiger charge is 2.38. The highest BCUT2D eigenvalue weighted by Crippen LogP contribution is 2.42. The average molecular weight is 416 g/mol. The number of fused-ring (bicyclic) bond motifs is 1. The lowest BCUT2D eigenvalue weighted by molar-refractivity contribution is 0.416. The van der Waals surface area contributed by atoms with E-state index in [1.54, 1.807) is 7.11 Å². The molecule has 4 heteroatoms. The molecule has 2 aromatic carbocycles. The van der Waals surface area contributed by atoms with Crippen molar-refractivity contribution in [2.75, 3.05) is 7.11 Å². The maximum atomic E-state index is 5.56. The largest absolute Gasteiger partial charge is 0.496 e. The Bertz CT molecular complexity index is 921. The van der Waals surface area contributed by atoms with Crippen molar-refractivity contribution in [1.82, 2.24) is 4.23 Å². The molecule has 0 aliphatic carbocycles. The molecule has 3 rings (SSSR count). The van der Waals surface area contributed by atoms with E-state index in [0.717, 1.165) is 11.3 Å². The molecule has 1 aromatic heterocycles. The first kappa shape index (κ1) is 18.3. The van der Waals surface area contributed by atoms with Crippen LogP contribution in [0.3, 0.4) is 0 Å². The van der Waals surface area contributed by atoms with Crippen molar-refractivity contribution in [2.45, 2.75) is 38.9 Å². The summed E-state index contributed by atoms with van der Waals surface area (Å²) in [5.41, 5.74) is 3.61. The normalized spacial score (nSPS) is 12.6. The Morgan fingerprint density at radius 1 is 1.04 bits per heavy atom. The van der Waals surface area contributed by atoms with E-state index in [0.29, 0.717) is 0 Å². The predicted molar refractivity (Wildman–Crippen MR) is 114 cm³/mol. The average Bonchev–Trinajstić information content (AvgIpc) is 2.90. The molecule has 1 heterocycles. The van der Waals surface area contributed by atoms with Gasteiger partial charge in [-0.25, -0.2) is 0 Å². The molecular weight excluding hydrogens is 390 g/mol. The molecule has 0 radical (unpaired) electrons. The van der Waals surface area contributed by atoms with Crippen molar-refractivity contribution in [1.29, 1.82) is 0 Å². The van der Waals surface area contributed by atoms with Gasteiger partial charge < -0.3 is 8.97 Å². The number of benzene rings is 2. The van der Waals surface area contributed by atoms with E-state index < -0.39 is 8.24 Å². The summed E-state index contributed by atoms with van der Waals surface area (Å²) in [6, 6.07) is 14.9. The van der Waals surface area contributed by atoms with Crippen LogP contribution in [0.1, 0.15) is 20.8 Å². The number of rotatable bonds is 3. The Hall–Kier alpha value is -1.52. The fourth-order valence-electron chi connectivity index (χ4n) is 3.06. The summed E-state index contributed by atoms with van der Waals surface area (Å²) in [5, 5.41) is 1.53. The van der Waals surface area contributed by atoms with E-state index >= 15 is 0 Å². The number of hydrogen-bond acceptors (Lipinski definition) is 1. The van der Waals surface area contributed by atoms with Crippen LogP contribution in [-0.4, -0.2) is 19.6 Å². The van der Waals surface area contributed by atoms with E-state index in [2.05, 4.69) is 90.6 Å². The van der Waals surface area contributed by atoms with Crippen LogP contribution in [0.5, 0.6) is 5.75 Å². The van der Waals surface area contributed by atoms with Gasteiger partial charge in [0, 0.05) is 27.1 Å². The van der Waals surface area contributed by atoms with Gasteiger partial charge in [0.1, 0.15) is 5.75 Å². The monoisotopic (exact) mass is 415 g/mol. The van der Waals surface area contributed by atoms with Crippen LogP contribution in [-0.2, 0) is 0 Å². The van der Waals surface area contributed by atoms with Gasteiger partial charge in [-0.2, -0.15) is 0 Å².